The molecule has 8 atom stereocenters. The number of hydrogen-bond donors (Lipinski definition) is 0. The van der Waals surface area contributed by atoms with Crippen molar-refractivity contribution in [1.29, 1.82) is 0 Å². The van der Waals surface area contributed by atoms with E-state index in [1.54, 1.807) is 0 Å². The van der Waals surface area contributed by atoms with Gasteiger partial charge in [-0.05, 0) is 0 Å². The number of hydrogen-bond acceptors (Lipinski definition) is 0. The number of halogens is 10. The lowest BCUT2D eigenvalue weighted by atomic mass is 9.67. The minimum Gasteiger partial charge on any atom is -0.244 e. The van der Waals surface area contributed by atoms with Crippen LogP contribution in [0.4, 0.5) is 43.9 Å². The van der Waals surface area contributed by atoms with Crippen molar-refractivity contribution in [2.75, 3.05) is 0 Å². The minimum absolute atomic E-state index is 2.80. The van der Waals surface area contributed by atoms with Crippen LogP contribution in [0.15, 0.2) is 0 Å². The molecular formula is C12H12F10. The molecule has 2 saturated carbocycles. The Hall–Kier alpha value is -0.700. The van der Waals surface area contributed by atoms with E-state index in [0.29, 0.717) is 0 Å². The summed E-state index contributed by atoms with van der Waals surface area (Å²) in [6.07, 6.45) is -32.3. The summed E-state index contributed by atoms with van der Waals surface area (Å²) in [6.45, 7) is 0. The summed E-state index contributed by atoms with van der Waals surface area (Å²) in [7, 11) is 0. The maximum absolute atomic E-state index is 13.7. The first-order valence-corrected chi connectivity index (χ1v) is 6.52. The molecule has 10 heteroatoms. The van der Waals surface area contributed by atoms with E-state index in [1.165, 1.54) is 0 Å². The van der Waals surface area contributed by atoms with Crippen molar-refractivity contribution in [3.05, 3.63) is 0 Å². The Labute approximate surface area is 118 Å². The van der Waals surface area contributed by atoms with Gasteiger partial charge in [0.05, 0.1) is 0 Å². The molecule has 8 unspecified atom stereocenters. The van der Waals surface area contributed by atoms with Crippen LogP contribution in [0.3, 0.4) is 0 Å². The molecule has 0 aliphatic heterocycles. The third-order valence-electron chi connectivity index (χ3n) is 4.35. The Balaban J connectivity index is 2.35. The third kappa shape index (κ3) is 2.46. The van der Waals surface area contributed by atoms with Gasteiger partial charge in [-0.2, -0.15) is 0 Å². The quantitative estimate of drug-likeness (QED) is 0.636. The SMILES string of the molecule is FC1C(F)C(F)C(C2C(F)C(F)C(F)C(F)C2F)C(F)C1F. The maximum Gasteiger partial charge on any atom is 0.168 e. The van der Waals surface area contributed by atoms with E-state index in [-0.39, 0.29) is 0 Å². The van der Waals surface area contributed by atoms with Gasteiger partial charge >= 0.3 is 0 Å². The standard InChI is InChI=1S/C12H12F10/c13-3-1(4(14)8(18)11(21)7(3)17)2-5(15)9(19)12(22)10(20)6(2)16/h1-12H. The molecule has 2 rings (SSSR count). The summed E-state index contributed by atoms with van der Waals surface area (Å²) in [5.74, 6) is -5.60. The highest BCUT2D eigenvalue weighted by atomic mass is 19.2. The average Bonchev–Trinajstić information content (AvgIpc) is 2.50. The Bertz CT molecular complexity index is 326. The average molecular weight is 346 g/mol. The Morgan fingerprint density at radius 2 is 0.364 bits per heavy atom. The molecule has 0 aromatic heterocycles. The van der Waals surface area contributed by atoms with E-state index in [2.05, 4.69) is 0 Å². The summed E-state index contributed by atoms with van der Waals surface area (Å²) < 4.78 is 134. The lowest BCUT2D eigenvalue weighted by Crippen LogP contribution is -2.63. The molecule has 0 saturated heterocycles. The zero-order chi connectivity index (χ0) is 16.9. The fourth-order valence-electron chi connectivity index (χ4n) is 3.10. The van der Waals surface area contributed by atoms with Crippen LogP contribution >= 0.6 is 0 Å². The van der Waals surface area contributed by atoms with Crippen molar-refractivity contribution in [1.82, 2.24) is 0 Å². The van der Waals surface area contributed by atoms with Crippen molar-refractivity contribution in [2.45, 2.75) is 61.7 Å². The van der Waals surface area contributed by atoms with Gasteiger partial charge in [0.15, 0.2) is 37.0 Å². The molecule has 0 amide bonds. The Morgan fingerprint density at radius 1 is 0.227 bits per heavy atom. The smallest absolute Gasteiger partial charge is 0.168 e. The second-order valence-electron chi connectivity index (χ2n) is 5.60. The largest absolute Gasteiger partial charge is 0.244 e. The van der Waals surface area contributed by atoms with Gasteiger partial charge in [-0.1, -0.05) is 0 Å². The summed E-state index contributed by atoms with van der Waals surface area (Å²) >= 11 is 0. The fraction of sp³-hybridized carbons (Fsp3) is 1.00. The fourth-order valence-corrected chi connectivity index (χ4v) is 3.10. The topological polar surface area (TPSA) is 0 Å². The Kier molecular flexibility index (Phi) is 4.87. The molecule has 0 nitrogen and oxygen atoms in total. The number of rotatable bonds is 1. The van der Waals surface area contributed by atoms with Crippen LogP contribution < -0.4 is 0 Å². The molecule has 2 aliphatic carbocycles. The summed E-state index contributed by atoms with van der Waals surface area (Å²) in [5, 5.41) is 0. The highest BCUT2D eigenvalue weighted by molar-refractivity contribution is 5.09. The molecule has 0 aromatic rings. The van der Waals surface area contributed by atoms with Crippen LogP contribution in [-0.2, 0) is 0 Å². The van der Waals surface area contributed by atoms with Gasteiger partial charge in [-0.25, -0.2) is 43.9 Å². The molecule has 0 radical (unpaired) electrons. The highest BCUT2D eigenvalue weighted by Gasteiger charge is 2.63. The number of alkyl halides is 10. The van der Waals surface area contributed by atoms with Crippen LogP contribution in [0.5, 0.6) is 0 Å². The van der Waals surface area contributed by atoms with Crippen LogP contribution in [0.1, 0.15) is 0 Å². The van der Waals surface area contributed by atoms with E-state index < -0.39 is 73.6 Å². The summed E-state index contributed by atoms with van der Waals surface area (Å²) in [4.78, 5) is 0. The third-order valence-corrected chi connectivity index (χ3v) is 4.35. The van der Waals surface area contributed by atoms with Crippen molar-refractivity contribution in [2.24, 2.45) is 11.8 Å². The van der Waals surface area contributed by atoms with Crippen molar-refractivity contribution in [3.8, 4) is 0 Å². The molecule has 2 aliphatic rings. The van der Waals surface area contributed by atoms with Crippen LogP contribution in [0, 0.1) is 11.8 Å². The van der Waals surface area contributed by atoms with Gasteiger partial charge in [0.1, 0.15) is 24.7 Å². The Morgan fingerprint density at radius 3 is 0.545 bits per heavy atom. The van der Waals surface area contributed by atoms with Gasteiger partial charge in [0.25, 0.3) is 0 Å². The van der Waals surface area contributed by atoms with Gasteiger partial charge in [-0.3, -0.25) is 0 Å². The lowest BCUT2D eigenvalue weighted by molar-refractivity contribution is -0.164. The van der Waals surface area contributed by atoms with E-state index in [0.717, 1.165) is 0 Å². The second-order valence-corrected chi connectivity index (χ2v) is 5.60. The van der Waals surface area contributed by atoms with E-state index in [1.807, 2.05) is 0 Å². The molecule has 22 heavy (non-hydrogen) atoms. The first kappa shape index (κ1) is 17.7. The summed E-state index contributed by atoms with van der Waals surface area (Å²) in [5.41, 5.74) is 0. The van der Waals surface area contributed by atoms with Crippen LogP contribution in [-0.4, -0.2) is 61.7 Å². The van der Waals surface area contributed by atoms with Gasteiger partial charge in [0.2, 0.25) is 0 Å². The predicted molar refractivity (Wildman–Crippen MR) is 55.9 cm³/mol. The van der Waals surface area contributed by atoms with Gasteiger partial charge in [0, 0.05) is 11.8 Å². The lowest BCUT2D eigenvalue weighted by Gasteiger charge is -2.45. The van der Waals surface area contributed by atoms with Crippen molar-refractivity contribution in [3.63, 3.8) is 0 Å². The molecule has 0 bridgehead atoms. The molecule has 0 heterocycles. The van der Waals surface area contributed by atoms with Gasteiger partial charge < -0.3 is 0 Å². The molecule has 0 N–H and O–H groups in total. The van der Waals surface area contributed by atoms with Crippen LogP contribution in [0.25, 0.3) is 0 Å². The first-order chi connectivity index (χ1) is 10.1. The zero-order valence-electron chi connectivity index (χ0n) is 10.7. The van der Waals surface area contributed by atoms with Crippen molar-refractivity contribution >= 4 is 0 Å². The van der Waals surface area contributed by atoms with E-state index >= 15 is 0 Å². The minimum atomic E-state index is -3.24. The molecule has 0 spiro atoms. The normalized spacial score (nSPS) is 60.3. The second kappa shape index (κ2) is 6.07. The molecule has 130 valence electrons. The van der Waals surface area contributed by atoms with Crippen molar-refractivity contribution < 1.29 is 43.9 Å². The maximum atomic E-state index is 13.7. The zero-order valence-corrected chi connectivity index (χ0v) is 10.7. The predicted octanol–water partition coefficient (Wildman–Crippen LogP) is 3.63. The van der Waals surface area contributed by atoms with Gasteiger partial charge in [-0.15, -0.1) is 0 Å². The van der Waals surface area contributed by atoms with E-state index in [4.69, 9.17) is 0 Å². The molecule has 2 fully saturated rings. The highest BCUT2D eigenvalue weighted by Crippen LogP contribution is 2.47. The first-order valence-electron chi connectivity index (χ1n) is 6.52. The molecular weight excluding hydrogens is 334 g/mol. The monoisotopic (exact) mass is 346 g/mol. The summed E-state index contributed by atoms with van der Waals surface area (Å²) in [6, 6.07) is 0. The van der Waals surface area contributed by atoms with E-state index in [9.17, 15) is 43.9 Å². The molecule has 0 aromatic carbocycles. The van der Waals surface area contributed by atoms with Crippen LogP contribution in [0.2, 0.25) is 0 Å².